The van der Waals surface area contributed by atoms with Crippen LogP contribution in [-0.4, -0.2) is 16.9 Å². The maximum Gasteiger partial charge on any atom is 0.223 e. The molecule has 4 nitrogen and oxygen atoms in total. The van der Waals surface area contributed by atoms with Crippen LogP contribution in [0.3, 0.4) is 0 Å². The number of amides is 1. The molecular formula is C25H27N3O. The van der Waals surface area contributed by atoms with Gasteiger partial charge in [0.15, 0.2) is 0 Å². The van der Waals surface area contributed by atoms with Crippen molar-refractivity contribution in [3.8, 4) is 17.2 Å². The summed E-state index contributed by atoms with van der Waals surface area (Å²) < 4.78 is 0. The number of benzene rings is 1. The molecule has 1 aliphatic carbocycles. The monoisotopic (exact) mass is 385 g/mol. The van der Waals surface area contributed by atoms with Crippen molar-refractivity contribution in [1.29, 1.82) is 5.26 Å². The molecule has 6 atom stereocenters. The Morgan fingerprint density at radius 3 is 2.69 bits per heavy atom. The van der Waals surface area contributed by atoms with Crippen LogP contribution in [0.15, 0.2) is 48.7 Å². The van der Waals surface area contributed by atoms with E-state index in [2.05, 4.69) is 49.3 Å². The number of allylic oxidation sites excluding steroid dienone is 1. The van der Waals surface area contributed by atoms with Crippen molar-refractivity contribution in [2.45, 2.75) is 33.2 Å². The fourth-order valence-corrected chi connectivity index (χ4v) is 5.11. The largest absolute Gasteiger partial charge is 0.353 e. The first-order chi connectivity index (χ1) is 14.0. The van der Waals surface area contributed by atoms with Gasteiger partial charge in [0.05, 0.1) is 17.3 Å². The fraction of sp³-hybridized carbons (Fsp3) is 0.400. The Hall–Kier alpha value is -2.93. The number of nitriles is 1. The van der Waals surface area contributed by atoms with E-state index >= 15 is 0 Å². The second-order valence-corrected chi connectivity index (χ2v) is 8.62. The molecule has 1 aromatic heterocycles. The van der Waals surface area contributed by atoms with Gasteiger partial charge in [-0.05, 0) is 48.3 Å². The van der Waals surface area contributed by atoms with Crippen LogP contribution in [0.2, 0.25) is 0 Å². The van der Waals surface area contributed by atoms with Crippen molar-refractivity contribution in [1.82, 2.24) is 10.3 Å². The number of nitrogens with one attached hydrogen (secondary N) is 1. The second-order valence-electron chi connectivity index (χ2n) is 8.62. The van der Waals surface area contributed by atoms with Gasteiger partial charge >= 0.3 is 0 Å². The first-order valence-corrected chi connectivity index (χ1v) is 10.4. The third-order valence-corrected chi connectivity index (χ3v) is 6.99. The highest BCUT2D eigenvalue weighted by Crippen LogP contribution is 2.45. The molecule has 0 unspecified atom stereocenters. The zero-order chi connectivity index (χ0) is 20.5. The van der Waals surface area contributed by atoms with E-state index in [4.69, 9.17) is 0 Å². The number of hydrogen-bond acceptors (Lipinski definition) is 3. The zero-order valence-corrected chi connectivity index (χ0v) is 17.2. The first kappa shape index (κ1) is 19.4. The molecule has 2 fully saturated rings. The first-order valence-electron chi connectivity index (χ1n) is 10.4. The van der Waals surface area contributed by atoms with E-state index in [1.54, 1.807) is 0 Å². The Balaban J connectivity index is 1.57. The van der Waals surface area contributed by atoms with Gasteiger partial charge in [-0.3, -0.25) is 9.78 Å². The number of carbonyl (C=O) groups excluding carboxylic acids is 1. The molecule has 1 aromatic carbocycles. The highest BCUT2D eigenvalue weighted by atomic mass is 16.2. The predicted octanol–water partition coefficient (Wildman–Crippen LogP) is 4.68. The molecule has 148 valence electrons. The Kier molecular flexibility index (Phi) is 5.24. The number of nitrogens with zero attached hydrogens (tertiary/aromatic N) is 2. The van der Waals surface area contributed by atoms with Crippen LogP contribution >= 0.6 is 0 Å². The minimum atomic E-state index is 0.0578. The maximum absolute atomic E-state index is 12.2. The quantitative estimate of drug-likeness (QED) is 0.834. The van der Waals surface area contributed by atoms with Gasteiger partial charge in [-0.2, -0.15) is 5.26 Å². The highest BCUT2D eigenvalue weighted by Gasteiger charge is 2.48. The lowest BCUT2D eigenvalue weighted by molar-refractivity contribution is -0.122. The van der Waals surface area contributed by atoms with Gasteiger partial charge in [0.1, 0.15) is 0 Å². The van der Waals surface area contributed by atoms with Gasteiger partial charge in [-0.25, -0.2) is 0 Å². The number of hydrogen-bond donors (Lipinski definition) is 1. The summed E-state index contributed by atoms with van der Waals surface area (Å²) in [4.78, 5) is 16.8. The molecular weight excluding hydrogens is 358 g/mol. The lowest BCUT2D eigenvalue weighted by Gasteiger charge is -2.41. The van der Waals surface area contributed by atoms with Crippen LogP contribution in [0.4, 0.5) is 0 Å². The van der Waals surface area contributed by atoms with Crippen molar-refractivity contribution < 1.29 is 4.79 Å². The van der Waals surface area contributed by atoms with Gasteiger partial charge < -0.3 is 5.32 Å². The molecule has 4 rings (SSSR count). The van der Waals surface area contributed by atoms with Gasteiger partial charge in [0, 0.05) is 29.3 Å². The molecule has 1 aliphatic heterocycles. The third-order valence-electron chi connectivity index (χ3n) is 6.99. The number of aromatic nitrogens is 1. The Labute approximate surface area is 172 Å². The lowest BCUT2D eigenvalue weighted by atomic mass is 9.63. The summed E-state index contributed by atoms with van der Waals surface area (Å²) in [5.41, 5.74) is 3.40. The Morgan fingerprint density at radius 1 is 1.17 bits per heavy atom. The molecule has 1 N–H and O–H groups in total. The maximum atomic E-state index is 12.2. The van der Waals surface area contributed by atoms with Crippen molar-refractivity contribution in [2.24, 2.45) is 29.6 Å². The normalized spacial score (nSPS) is 31.3. The lowest BCUT2D eigenvalue weighted by Crippen LogP contribution is -2.43. The summed E-state index contributed by atoms with van der Waals surface area (Å²) in [6.45, 7) is 6.65. The Bertz CT molecular complexity index is 972. The van der Waals surface area contributed by atoms with E-state index in [1.807, 2.05) is 42.6 Å². The molecule has 1 saturated carbocycles. The number of pyridine rings is 1. The van der Waals surface area contributed by atoms with Crippen LogP contribution in [0.1, 0.15) is 38.4 Å². The van der Waals surface area contributed by atoms with E-state index in [0.29, 0.717) is 29.2 Å². The van der Waals surface area contributed by atoms with Crippen molar-refractivity contribution >= 4 is 12.0 Å². The topological polar surface area (TPSA) is 65.8 Å². The average Bonchev–Trinajstić information content (AvgIpc) is 3.02. The highest BCUT2D eigenvalue weighted by molar-refractivity contribution is 5.81. The molecule has 2 aromatic rings. The van der Waals surface area contributed by atoms with Crippen LogP contribution in [0, 0.1) is 40.9 Å². The van der Waals surface area contributed by atoms with Crippen molar-refractivity contribution in [2.75, 3.05) is 0 Å². The zero-order valence-electron chi connectivity index (χ0n) is 17.2. The van der Waals surface area contributed by atoms with E-state index in [1.165, 1.54) is 0 Å². The van der Waals surface area contributed by atoms with Gasteiger partial charge in [-0.15, -0.1) is 0 Å². The minimum absolute atomic E-state index is 0.0578. The summed E-state index contributed by atoms with van der Waals surface area (Å²) in [5, 5.41) is 12.5. The van der Waals surface area contributed by atoms with Crippen LogP contribution in [0.25, 0.3) is 17.2 Å². The Morgan fingerprint density at radius 2 is 1.97 bits per heavy atom. The fourth-order valence-electron chi connectivity index (χ4n) is 5.11. The van der Waals surface area contributed by atoms with Gasteiger partial charge in [-0.1, -0.05) is 51.1 Å². The van der Waals surface area contributed by atoms with Crippen molar-refractivity contribution in [3.05, 3.63) is 59.9 Å². The number of carbonyl (C=O) groups is 1. The molecule has 1 saturated heterocycles. The average molecular weight is 386 g/mol. The molecule has 29 heavy (non-hydrogen) atoms. The van der Waals surface area contributed by atoms with E-state index in [0.717, 1.165) is 23.2 Å². The van der Waals surface area contributed by atoms with E-state index in [-0.39, 0.29) is 17.9 Å². The summed E-state index contributed by atoms with van der Waals surface area (Å²) in [7, 11) is 0. The number of fused-ring (bicyclic) bond motifs is 1. The second kappa shape index (κ2) is 7.83. The van der Waals surface area contributed by atoms with Gasteiger partial charge in [0.2, 0.25) is 5.91 Å². The smallest absolute Gasteiger partial charge is 0.223 e. The number of rotatable bonds is 3. The molecule has 0 spiro atoms. The summed E-state index contributed by atoms with van der Waals surface area (Å²) in [5.74, 6) is 2.07. The third kappa shape index (κ3) is 3.58. The summed E-state index contributed by atoms with van der Waals surface area (Å²) >= 11 is 0. The standard InChI is InChI=1S/C25H27N3O/c1-15-12-23-24(17(3)25(29)28-23)21(16(15)2)11-10-20-9-8-19(14-27-20)22-7-5-4-6-18(22)13-26/h4-11,14-17,21,23-24H,12H2,1-3H3,(H,28,29)/b11-10+/t15-,16+,17+,21-,23+,24-/m0/s1. The van der Waals surface area contributed by atoms with E-state index < -0.39 is 0 Å². The molecule has 2 aliphatic rings. The SMILES string of the molecule is C[C@H]1[C@H](/C=C/c2ccc(-c3ccccc3C#N)cn2)[C@H]2[C@@H](C[C@@H]1C)NC(=O)[C@@H]2C. The molecule has 0 bridgehead atoms. The van der Waals surface area contributed by atoms with Crippen LogP contribution in [0.5, 0.6) is 0 Å². The molecule has 0 radical (unpaired) electrons. The summed E-state index contributed by atoms with van der Waals surface area (Å²) in [6, 6.07) is 14.1. The predicted molar refractivity (Wildman–Crippen MR) is 114 cm³/mol. The van der Waals surface area contributed by atoms with Crippen molar-refractivity contribution in [3.63, 3.8) is 0 Å². The minimum Gasteiger partial charge on any atom is -0.353 e. The molecule has 1 amide bonds. The summed E-state index contributed by atoms with van der Waals surface area (Å²) in [6.07, 6.45) is 7.25. The van der Waals surface area contributed by atoms with Crippen LogP contribution in [-0.2, 0) is 4.79 Å². The molecule has 4 heteroatoms. The van der Waals surface area contributed by atoms with Gasteiger partial charge in [0.25, 0.3) is 0 Å². The molecule has 2 heterocycles. The van der Waals surface area contributed by atoms with E-state index in [9.17, 15) is 10.1 Å². The van der Waals surface area contributed by atoms with Crippen LogP contribution < -0.4 is 5.32 Å².